The Morgan fingerprint density at radius 2 is 1.77 bits per heavy atom. The van der Waals surface area contributed by atoms with Crippen LogP contribution in [0.3, 0.4) is 0 Å². The minimum absolute atomic E-state index is 0.175. The number of aromatic nitrogens is 4. The minimum atomic E-state index is -0.339. The summed E-state index contributed by atoms with van der Waals surface area (Å²) in [5.41, 5.74) is 0.862. The number of anilines is 1. The highest BCUT2D eigenvalue weighted by molar-refractivity contribution is 5.78. The molecule has 3 aromatic rings. The highest BCUT2D eigenvalue weighted by Crippen LogP contribution is 2.35. The molecule has 31 heavy (non-hydrogen) atoms. The first-order valence-corrected chi connectivity index (χ1v) is 11.0. The van der Waals surface area contributed by atoms with Crippen molar-refractivity contribution in [2.45, 2.75) is 65.1 Å². The van der Waals surface area contributed by atoms with Crippen LogP contribution in [-0.2, 0) is 13.1 Å². The van der Waals surface area contributed by atoms with Gasteiger partial charge >= 0.3 is 5.69 Å². The van der Waals surface area contributed by atoms with E-state index in [1.807, 2.05) is 29.7 Å². The molecule has 1 aliphatic heterocycles. The second-order valence-corrected chi connectivity index (χ2v) is 8.04. The van der Waals surface area contributed by atoms with Gasteiger partial charge in [0.15, 0.2) is 22.7 Å². The number of imidazole rings is 1. The quantitative estimate of drug-likeness (QED) is 0.676. The first kappa shape index (κ1) is 19.7. The molecule has 0 atom stereocenters. The molecule has 0 saturated heterocycles. The van der Waals surface area contributed by atoms with E-state index in [2.05, 4.69) is 5.32 Å². The van der Waals surface area contributed by atoms with Gasteiger partial charge in [-0.3, -0.25) is 18.5 Å². The Bertz CT molecular complexity index is 1250. The number of nitrogens with one attached hydrogen (secondary N) is 1. The zero-order valence-electron chi connectivity index (χ0n) is 17.9. The Balaban J connectivity index is 1.78. The van der Waals surface area contributed by atoms with Gasteiger partial charge in [0.05, 0.1) is 5.69 Å². The van der Waals surface area contributed by atoms with Gasteiger partial charge in [-0.2, -0.15) is 4.98 Å². The van der Waals surface area contributed by atoms with Crippen LogP contribution < -0.4 is 26.0 Å². The van der Waals surface area contributed by atoms with Gasteiger partial charge in [0.25, 0.3) is 5.56 Å². The van der Waals surface area contributed by atoms with Crippen LogP contribution in [0.2, 0.25) is 0 Å². The summed E-state index contributed by atoms with van der Waals surface area (Å²) >= 11 is 0. The molecule has 0 bridgehead atoms. The van der Waals surface area contributed by atoms with Crippen molar-refractivity contribution in [2.24, 2.45) is 0 Å². The van der Waals surface area contributed by atoms with Crippen LogP contribution in [0, 0.1) is 0 Å². The second kappa shape index (κ2) is 7.79. The first-order valence-electron chi connectivity index (χ1n) is 11.0. The third-order valence-corrected chi connectivity index (χ3v) is 6.21. The number of nitrogens with zero attached hydrogens (tertiary/aromatic N) is 4. The number of fused-ring (bicyclic) bond motifs is 2. The molecule has 9 heteroatoms. The molecule has 1 fully saturated rings. The average molecular weight is 425 g/mol. The molecular formula is C22H27N5O4. The standard InChI is InChI=1S/C22H27N5O4/c1-3-25-19-18(20(28)26(4-2)22(25)29)27(15-10-11-16-17(12-15)31-13-30-16)21(24-19)23-14-8-6-5-7-9-14/h10-12,14H,3-9,13H2,1-2H3,(H,23,24). The molecule has 1 aliphatic carbocycles. The van der Waals surface area contributed by atoms with Gasteiger partial charge in [0.2, 0.25) is 12.7 Å². The normalized spacial score (nSPS) is 16.2. The van der Waals surface area contributed by atoms with Crippen LogP contribution in [0.5, 0.6) is 11.5 Å². The lowest BCUT2D eigenvalue weighted by atomic mass is 9.96. The Morgan fingerprint density at radius 1 is 1.03 bits per heavy atom. The summed E-state index contributed by atoms with van der Waals surface area (Å²) in [5.74, 6) is 1.88. The van der Waals surface area contributed by atoms with Crippen LogP contribution in [0.1, 0.15) is 46.0 Å². The summed E-state index contributed by atoms with van der Waals surface area (Å²) < 4.78 is 15.7. The van der Waals surface area contributed by atoms with E-state index in [-0.39, 0.29) is 24.1 Å². The van der Waals surface area contributed by atoms with Crippen LogP contribution in [-0.4, -0.2) is 31.5 Å². The van der Waals surface area contributed by atoms with Crippen molar-refractivity contribution in [2.75, 3.05) is 12.1 Å². The van der Waals surface area contributed by atoms with Crippen LogP contribution in [0.25, 0.3) is 16.9 Å². The predicted octanol–water partition coefficient (Wildman–Crippen LogP) is 2.86. The number of ether oxygens (including phenoxy) is 2. The summed E-state index contributed by atoms with van der Waals surface area (Å²) in [5, 5.41) is 3.56. The molecule has 1 N–H and O–H groups in total. The largest absolute Gasteiger partial charge is 0.454 e. The molecule has 5 rings (SSSR count). The number of aryl methyl sites for hydroxylation is 1. The molecule has 0 amide bonds. The maximum absolute atomic E-state index is 13.4. The van der Waals surface area contributed by atoms with Gasteiger partial charge in [0, 0.05) is 25.2 Å². The molecule has 1 aromatic carbocycles. The maximum Gasteiger partial charge on any atom is 0.332 e. The van der Waals surface area contributed by atoms with Crippen molar-refractivity contribution in [3.63, 3.8) is 0 Å². The number of rotatable bonds is 5. The molecular weight excluding hydrogens is 398 g/mol. The lowest BCUT2D eigenvalue weighted by molar-refractivity contribution is 0.174. The highest BCUT2D eigenvalue weighted by Gasteiger charge is 2.25. The minimum Gasteiger partial charge on any atom is -0.454 e. The average Bonchev–Trinajstić information content (AvgIpc) is 3.39. The summed E-state index contributed by atoms with van der Waals surface area (Å²) in [7, 11) is 0. The third-order valence-electron chi connectivity index (χ3n) is 6.21. The van der Waals surface area contributed by atoms with E-state index in [1.54, 1.807) is 11.5 Å². The zero-order chi connectivity index (χ0) is 21.5. The van der Waals surface area contributed by atoms with E-state index in [0.29, 0.717) is 41.7 Å². The van der Waals surface area contributed by atoms with Crippen molar-refractivity contribution < 1.29 is 9.47 Å². The van der Waals surface area contributed by atoms with Gasteiger partial charge in [-0.25, -0.2) is 4.79 Å². The molecule has 164 valence electrons. The van der Waals surface area contributed by atoms with Crippen molar-refractivity contribution in [3.05, 3.63) is 39.0 Å². The smallest absolute Gasteiger partial charge is 0.332 e. The summed E-state index contributed by atoms with van der Waals surface area (Å²) in [6, 6.07) is 5.86. The first-order chi connectivity index (χ1) is 15.1. The molecule has 3 heterocycles. The van der Waals surface area contributed by atoms with E-state index in [4.69, 9.17) is 14.5 Å². The fourth-order valence-electron chi connectivity index (χ4n) is 4.61. The second-order valence-electron chi connectivity index (χ2n) is 8.04. The van der Waals surface area contributed by atoms with Gasteiger partial charge < -0.3 is 14.8 Å². The zero-order valence-corrected chi connectivity index (χ0v) is 17.9. The highest BCUT2D eigenvalue weighted by atomic mass is 16.7. The maximum atomic E-state index is 13.4. The summed E-state index contributed by atoms with van der Waals surface area (Å²) in [4.78, 5) is 31.0. The topological polar surface area (TPSA) is 92.3 Å². The Kier molecular flexibility index (Phi) is 4.95. The van der Waals surface area contributed by atoms with Crippen molar-refractivity contribution in [1.29, 1.82) is 0 Å². The number of hydrogen-bond donors (Lipinski definition) is 1. The lowest BCUT2D eigenvalue weighted by Gasteiger charge is -2.23. The monoisotopic (exact) mass is 425 g/mol. The fourth-order valence-corrected chi connectivity index (χ4v) is 4.61. The van der Waals surface area contributed by atoms with Crippen LogP contribution >= 0.6 is 0 Å². The molecule has 0 unspecified atom stereocenters. The molecule has 2 aliphatic rings. The van der Waals surface area contributed by atoms with Crippen LogP contribution in [0.15, 0.2) is 27.8 Å². The SMILES string of the molecule is CCn1c(=O)c2c(nc(NC3CCCCC3)n2-c2ccc3c(c2)OCO3)n(CC)c1=O. The van der Waals surface area contributed by atoms with Crippen molar-refractivity contribution in [3.8, 4) is 17.2 Å². The number of benzene rings is 1. The summed E-state index contributed by atoms with van der Waals surface area (Å²) in [6.07, 6.45) is 5.70. The van der Waals surface area contributed by atoms with E-state index in [0.717, 1.165) is 18.5 Å². The van der Waals surface area contributed by atoms with Gasteiger partial charge in [-0.05, 0) is 38.8 Å². The van der Waals surface area contributed by atoms with Crippen molar-refractivity contribution >= 4 is 17.1 Å². The van der Waals surface area contributed by atoms with E-state index >= 15 is 0 Å². The van der Waals surface area contributed by atoms with Crippen molar-refractivity contribution in [1.82, 2.24) is 18.7 Å². The Morgan fingerprint density at radius 3 is 2.52 bits per heavy atom. The molecule has 0 spiro atoms. The lowest BCUT2D eigenvalue weighted by Crippen LogP contribution is -2.39. The predicted molar refractivity (Wildman–Crippen MR) is 118 cm³/mol. The molecule has 9 nitrogen and oxygen atoms in total. The Hall–Kier alpha value is -3.23. The fraction of sp³-hybridized carbons (Fsp3) is 0.500. The van der Waals surface area contributed by atoms with Crippen LogP contribution in [0.4, 0.5) is 5.95 Å². The van der Waals surface area contributed by atoms with E-state index in [1.165, 1.54) is 23.8 Å². The molecule has 0 radical (unpaired) electrons. The number of hydrogen-bond acceptors (Lipinski definition) is 6. The molecule has 1 saturated carbocycles. The van der Waals surface area contributed by atoms with E-state index < -0.39 is 0 Å². The van der Waals surface area contributed by atoms with Gasteiger partial charge in [-0.15, -0.1) is 0 Å². The third kappa shape index (κ3) is 3.19. The summed E-state index contributed by atoms with van der Waals surface area (Å²) in [6.45, 7) is 4.59. The molecule has 2 aromatic heterocycles. The Labute approximate surface area is 179 Å². The van der Waals surface area contributed by atoms with E-state index in [9.17, 15) is 9.59 Å². The van der Waals surface area contributed by atoms with Gasteiger partial charge in [0.1, 0.15) is 0 Å². The van der Waals surface area contributed by atoms with Gasteiger partial charge in [-0.1, -0.05) is 19.3 Å².